The van der Waals surface area contributed by atoms with E-state index < -0.39 is 5.41 Å². The van der Waals surface area contributed by atoms with Gasteiger partial charge in [-0.2, -0.15) is 0 Å². The third-order valence-corrected chi connectivity index (χ3v) is 6.05. The maximum atomic E-state index is 13.6. The summed E-state index contributed by atoms with van der Waals surface area (Å²) in [5.74, 6) is 0.458. The van der Waals surface area contributed by atoms with Crippen molar-refractivity contribution >= 4 is 27.9 Å². The first-order chi connectivity index (χ1) is 13.4. The van der Waals surface area contributed by atoms with Crippen LogP contribution in [0, 0.1) is 5.92 Å². The summed E-state index contributed by atoms with van der Waals surface area (Å²) in [5, 5.41) is 0. The Labute approximate surface area is 175 Å². The number of carbonyl (C=O) groups excluding carboxylic acids is 2. The van der Waals surface area contributed by atoms with Gasteiger partial charge in [-0.15, -0.1) is 0 Å². The molecule has 2 fully saturated rings. The summed E-state index contributed by atoms with van der Waals surface area (Å²) >= 11 is 3.47. The van der Waals surface area contributed by atoms with E-state index in [1.165, 1.54) is 0 Å². The van der Waals surface area contributed by atoms with E-state index in [2.05, 4.69) is 15.9 Å². The van der Waals surface area contributed by atoms with E-state index in [9.17, 15) is 9.59 Å². The van der Waals surface area contributed by atoms with Crippen molar-refractivity contribution < 1.29 is 19.1 Å². The molecule has 7 heteroatoms. The molecule has 6 nitrogen and oxygen atoms in total. The Morgan fingerprint density at radius 3 is 2.21 bits per heavy atom. The van der Waals surface area contributed by atoms with Gasteiger partial charge in [0, 0.05) is 43.9 Å². The van der Waals surface area contributed by atoms with Gasteiger partial charge in [-0.05, 0) is 36.5 Å². The second-order valence-electron chi connectivity index (χ2n) is 7.95. The maximum Gasteiger partial charge on any atom is 0.409 e. The largest absolute Gasteiger partial charge is 0.449 e. The molecule has 1 aromatic rings. The van der Waals surface area contributed by atoms with Crippen molar-refractivity contribution in [1.82, 2.24) is 9.80 Å². The van der Waals surface area contributed by atoms with E-state index in [1.807, 2.05) is 43.0 Å². The lowest BCUT2D eigenvalue weighted by Gasteiger charge is -2.43. The standard InChI is InChI=1S/C21H29BrN2O4/c1-16(2)15-28-20(26)24-11-9-23(10-12-24)19(25)21(7-13-27-14-8-21)17-3-5-18(22)6-4-17/h3-6,16H,7-15H2,1-2H3. The molecule has 0 atom stereocenters. The van der Waals surface area contributed by atoms with E-state index in [0.29, 0.717) is 64.8 Å². The van der Waals surface area contributed by atoms with Gasteiger partial charge in [-0.25, -0.2) is 4.79 Å². The van der Waals surface area contributed by atoms with Crippen molar-refractivity contribution in [2.24, 2.45) is 5.92 Å². The minimum Gasteiger partial charge on any atom is -0.449 e. The highest BCUT2D eigenvalue weighted by atomic mass is 79.9. The summed E-state index contributed by atoms with van der Waals surface area (Å²) < 4.78 is 11.9. The molecule has 0 unspecified atom stereocenters. The Morgan fingerprint density at radius 2 is 1.64 bits per heavy atom. The summed E-state index contributed by atoms with van der Waals surface area (Å²) in [4.78, 5) is 29.4. The van der Waals surface area contributed by atoms with E-state index in [0.717, 1.165) is 10.0 Å². The van der Waals surface area contributed by atoms with Gasteiger partial charge in [0.2, 0.25) is 5.91 Å². The van der Waals surface area contributed by atoms with E-state index >= 15 is 0 Å². The molecule has 2 heterocycles. The van der Waals surface area contributed by atoms with E-state index in [-0.39, 0.29) is 12.0 Å². The Bertz CT molecular complexity index is 678. The lowest BCUT2D eigenvalue weighted by molar-refractivity contribution is -0.143. The molecule has 2 saturated heterocycles. The molecule has 0 bridgehead atoms. The smallest absolute Gasteiger partial charge is 0.409 e. The first-order valence-corrected chi connectivity index (χ1v) is 10.8. The third kappa shape index (κ3) is 4.69. The van der Waals surface area contributed by atoms with Gasteiger partial charge < -0.3 is 19.3 Å². The number of piperazine rings is 1. The highest BCUT2D eigenvalue weighted by molar-refractivity contribution is 9.10. The van der Waals surface area contributed by atoms with Gasteiger partial charge in [0.05, 0.1) is 12.0 Å². The van der Waals surface area contributed by atoms with Gasteiger partial charge in [0.15, 0.2) is 0 Å². The molecule has 0 aliphatic carbocycles. The lowest BCUT2D eigenvalue weighted by atomic mass is 9.73. The molecule has 3 rings (SSSR count). The van der Waals surface area contributed by atoms with Crippen molar-refractivity contribution in [3.63, 3.8) is 0 Å². The van der Waals surface area contributed by atoms with Gasteiger partial charge >= 0.3 is 6.09 Å². The van der Waals surface area contributed by atoms with Crippen LogP contribution in [-0.4, -0.2) is 67.8 Å². The maximum absolute atomic E-state index is 13.6. The zero-order valence-corrected chi connectivity index (χ0v) is 18.2. The molecule has 154 valence electrons. The Hall–Kier alpha value is -1.60. The fraction of sp³-hybridized carbons (Fsp3) is 0.619. The average molecular weight is 453 g/mol. The number of hydrogen-bond acceptors (Lipinski definition) is 4. The third-order valence-electron chi connectivity index (χ3n) is 5.52. The summed E-state index contributed by atoms with van der Waals surface area (Å²) in [6, 6.07) is 8.05. The van der Waals surface area contributed by atoms with Crippen LogP contribution in [0.15, 0.2) is 28.7 Å². The summed E-state index contributed by atoms with van der Waals surface area (Å²) in [7, 11) is 0. The van der Waals surface area contributed by atoms with Crippen LogP contribution in [0.25, 0.3) is 0 Å². The molecular weight excluding hydrogens is 424 g/mol. The van der Waals surface area contributed by atoms with Crippen LogP contribution in [0.1, 0.15) is 32.3 Å². The predicted octanol–water partition coefficient (Wildman–Crippen LogP) is 3.43. The predicted molar refractivity (Wildman–Crippen MR) is 110 cm³/mol. The first kappa shape index (κ1) is 21.1. The molecule has 28 heavy (non-hydrogen) atoms. The number of amides is 2. The van der Waals surface area contributed by atoms with Crippen molar-refractivity contribution in [3.8, 4) is 0 Å². The number of hydrogen-bond donors (Lipinski definition) is 0. The molecule has 0 radical (unpaired) electrons. The van der Waals surface area contributed by atoms with Crippen LogP contribution in [0.2, 0.25) is 0 Å². The van der Waals surface area contributed by atoms with Crippen molar-refractivity contribution in [2.75, 3.05) is 46.0 Å². The highest BCUT2D eigenvalue weighted by Crippen LogP contribution is 2.37. The Balaban J connectivity index is 1.68. The molecule has 1 aromatic carbocycles. The second-order valence-corrected chi connectivity index (χ2v) is 8.87. The van der Waals surface area contributed by atoms with Gasteiger partial charge in [-0.3, -0.25) is 4.79 Å². The minimum absolute atomic E-state index is 0.147. The Kier molecular flexibility index (Phi) is 6.99. The molecule has 0 N–H and O–H groups in total. The molecule has 2 amide bonds. The lowest BCUT2D eigenvalue weighted by Crippen LogP contribution is -2.56. The van der Waals surface area contributed by atoms with Crippen LogP contribution in [-0.2, 0) is 19.7 Å². The molecule has 2 aliphatic rings. The normalized spacial score (nSPS) is 19.6. The molecule has 2 aliphatic heterocycles. The van der Waals surface area contributed by atoms with Crippen LogP contribution in [0.3, 0.4) is 0 Å². The van der Waals surface area contributed by atoms with E-state index in [1.54, 1.807) is 4.90 Å². The molecular formula is C21H29BrN2O4. The number of carbonyl (C=O) groups is 2. The topological polar surface area (TPSA) is 59.1 Å². The zero-order chi connectivity index (χ0) is 20.1. The van der Waals surface area contributed by atoms with Crippen LogP contribution in [0.5, 0.6) is 0 Å². The number of benzene rings is 1. The molecule has 0 aromatic heterocycles. The number of halogens is 1. The van der Waals surface area contributed by atoms with Gasteiger partial charge in [-0.1, -0.05) is 41.9 Å². The number of nitrogens with zero attached hydrogens (tertiary/aromatic N) is 2. The summed E-state index contributed by atoms with van der Waals surface area (Å²) in [6.45, 7) is 7.71. The molecule has 0 spiro atoms. The van der Waals surface area contributed by atoms with Gasteiger partial charge in [0.1, 0.15) is 0 Å². The highest BCUT2D eigenvalue weighted by Gasteiger charge is 2.44. The van der Waals surface area contributed by atoms with Crippen LogP contribution in [0.4, 0.5) is 4.79 Å². The number of ether oxygens (including phenoxy) is 2. The second kappa shape index (κ2) is 9.27. The van der Waals surface area contributed by atoms with Gasteiger partial charge in [0.25, 0.3) is 0 Å². The van der Waals surface area contributed by atoms with E-state index in [4.69, 9.17) is 9.47 Å². The molecule has 0 saturated carbocycles. The summed E-state index contributed by atoms with van der Waals surface area (Å²) in [6.07, 6.45) is 1.09. The van der Waals surface area contributed by atoms with Crippen molar-refractivity contribution in [2.45, 2.75) is 32.1 Å². The first-order valence-electron chi connectivity index (χ1n) is 9.97. The SMILES string of the molecule is CC(C)COC(=O)N1CCN(C(=O)C2(c3ccc(Br)cc3)CCOCC2)CC1. The number of rotatable bonds is 4. The Morgan fingerprint density at radius 1 is 1.07 bits per heavy atom. The fourth-order valence-electron chi connectivity index (χ4n) is 3.84. The summed E-state index contributed by atoms with van der Waals surface area (Å²) in [5.41, 5.74) is 0.502. The monoisotopic (exact) mass is 452 g/mol. The van der Waals surface area contributed by atoms with Crippen LogP contribution < -0.4 is 0 Å². The van der Waals surface area contributed by atoms with Crippen molar-refractivity contribution in [3.05, 3.63) is 34.3 Å². The van der Waals surface area contributed by atoms with Crippen LogP contribution >= 0.6 is 15.9 Å². The minimum atomic E-state index is -0.542. The van der Waals surface area contributed by atoms with Crippen molar-refractivity contribution in [1.29, 1.82) is 0 Å². The zero-order valence-electron chi connectivity index (χ0n) is 16.7. The quantitative estimate of drug-likeness (QED) is 0.701. The average Bonchev–Trinajstić information content (AvgIpc) is 2.72. The fourth-order valence-corrected chi connectivity index (χ4v) is 4.10.